The predicted molar refractivity (Wildman–Crippen MR) is 95.3 cm³/mol. The van der Waals surface area contributed by atoms with Gasteiger partial charge in [-0.2, -0.15) is 0 Å². The molecule has 0 radical (unpaired) electrons. The average Bonchev–Trinajstić information content (AvgIpc) is 2.70. The lowest BCUT2D eigenvalue weighted by molar-refractivity contribution is 0.641. The van der Waals surface area contributed by atoms with Crippen molar-refractivity contribution in [1.82, 2.24) is 0 Å². The first-order chi connectivity index (χ1) is 10.5. The molecule has 0 N–H and O–H groups in total. The molecule has 0 aliphatic carbocycles. The van der Waals surface area contributed by atoms with E-state index in [-0.39, 0.29) is 5.41 Å². The summed E-state index contributed by atoms with van der Waals surface area (Å²) in [5.41, 5.74) is 6.14. The highest BCUT2D eigenvalue weighted by Gasteiger charge is 2.37. The molecule has 0 aromatic heterocycles. The fourth-order valence-corrected chi connectivity index (χ4v) is 3.20. The van der Waals surface area contributed by atoms with Crippen LogP contribution in [-0.4, -0.2) is 13.3 Å². The Hall–Kier alpha value is -2.35. The van der Waals surface area contributed by atoms with E-state index in [2.05, 4.69) is 74.1 Å². The second-order valence-corrected chi connectivity index (χ2v) is 6.32. The van der Waals surface area contributed by atoms with Crippen molar-refractivity contribution in [2.45, 2.75) is 26.2 Å². The minimum absolute atomic E-state index is 0.00307. The first-order valence-electron chi connectivity index (χ1n) is 7.65. The number of allylic oxidation sites excluding steroid dienone is 2. The number of nitrogens with zero attached hydrogens (tertiary/aromatic N) is 2. The second-order valence-electron chi connectivity index (χ2n) is 6.32. The summed E-state index contributed by atoms with van der Waals surface area (Å²) in [5, 5.41) is 0. The summed E-state index contributed by atoms with van der Waals surface area (Å²) in [6.07, 6.45) is 4.05. The van der Waals surface area contributed by atoms with Gasteiger partial charge in [0.05, 0.1) is 5.69 Å². The predicted octanol–water partition coefficient (Wildman–Crippen LogP) is 5.01. The van der Waals surface area contributed by atoms with Crippen molar-refractivity contribution in [2.75, 3.05) is 11.9 Å². The summed E-state index contributed by atoms with van der Waals surface area (Å²) in [4.78, 5) is 6.87. The fraction of sp³-hybridized carbons (Fsp3) is 0.250. The van der Waals surface area contributed by atoms with Crippen molar-refractivity contribution in [3.05, 3.63) is 71.4 Å². The monoisotopic (exact) mass is 290 g/mol. The van der Waals surface area contributed by atoms with Crippen LogP contribution in [0.3, 0.4) is 0 Å². The smallest absolute Gasteiger partial charge is 0.0658 e. The molecule has 3 rings (SSSR count). The summed E-state index contributed by atoms with van der Waals surface area (Å²) in [5.74, 6) is 0. The van der Waals surface area contributed by atoms with Crippen LogP contribution in [0.25, 0.3) is 0 Å². The van der Waals surface area contributed by atoms with Crippen LogP contribution < -0.4 is 4.90 Å². The molecule has 0 fully saturated rings. The maximum absolute atomic E-state index is 4.60. The Bertz CT molecular complexity index is 754. The molecule has 1 heterocycles. The molecule has 0 unspecified atom stereocenters. The molecule has 112 valence electrons. The quantitative estimate of drug-likeness (QED) is 0.710. The van der Waals surface area contributed by atoms with Crippen LogP contribution in [0.2, 0.25) is 0 Å². The number of hydrogen-bond donors (Lipinski definition) is 0. The van der Waals surface area contributed by atoms with Gasteiger partial charge >= 0.3 is 0 Å². The number of anilines is 1. The summed E-state index contributed by atoms with van der Waals surface area (Å²) < 4.78 is 0. The zero-order valence-electron chi connectivity index (χ0n) is 13.7. The molecule has 0 amide bonds. The number of fused-ring (bicyclic) bond motifs is 1. The molecular weight excluding hydrogens is 268 g/mol. The standard InChI is InChI=1S/C20H22N2/c1-15-9-5-7-11-17(15)21-14-13-19-20(2,3)16-10-6-8-12-18(16)22(19)4/h5-14H,1-4H3/b19-13-,21-14?. The maximum Gasteiger partial charge on any atom is 0.0658 e. The van der Waals surface area contributed by atoms with Crippen LogP contribution in [0.15, 0.2) is 65.3 Å². The van der Waals surface area contributed by atoms with Crippen molar-refractivity contribution >= 4 is 17.6 Å². The number of rotatable bonds is 2. The highest BCUT2D eigenvalue weighted by atomic mass is 15.2. The number of aliphatic imine (C=N–C) groups is 1. The van der Waals surface area contributed by atoms with E-state index >= 15 is 0 Å². The van der Waals surface area contributed by atoms with Gasteiger partial charge in [0.2, 0.25) is 0 Å². The van der Waals surface area contributed by atoms with Crippen molar-refractivity contribution < 1.29 is 0 Å². The number of benzene rings is 2. The molecule has 1 aliphatic rings. The highest BCUT2D eigenvalue weighted by molar-refractivity contribution is 5.81. The van der Waals surface area contributed by atoms with E-state index in [0.717, 1.165) is 5.69 Å². The van der Waals surface area contributed by atoms with Gasteiger partial charge in [0.1, 0.15) is 0 Å². The molecule has 0 spiro atoms. The van der Waals surface area contributed by atoms with Gasteiger partial charge in [-0.15, -0.1) is 0 Å². The Morgan fingerprint density at radius 3 is 2.41 bits per heavy atom. The average molecular weight is 290 g/mol. The van der Waals surface area contributed by atoms with Gasteiger partial charge in [-0.25, -0.2) is 0 Å². The summed E-state index contributed by atoms with van der Waals surface area (Å²) >= 11 is 0. The van der Waals surface area contributed by atoms with Crippen LogP contribution in [0.5, 0.6) is 0 Å². The molecule has 2 aromatic rings. The Balaban J connectivity index is 1.94. The fourth-order valence-electron chi connectivity index (χ4n) is 3.20. The summed E-state index contributed by atoms with van der Waals surface area (Å²) in [6, 6.07) is 16.8. The van der Waals surface area contributed by atoms with E-state index in [4.69, 9.17) is 0 Å². The molecule has 1 aliphatic heterocycles. The first kappa shape index (κ1) is 14.6. The molecule has 2 nitrogen and oxygen atoms in total. The van der Waals surface area contributed by atoms with Crippen LogP contribution in [-0.2, 0) is 5.41 Å². The lowest BCUT2D eigenvalue weighted by Gasteiger charge is -2.23. The minimum Gasteiger partial charge on any atom is -0.347 e. The Morgan fingerprint density at radius 1 is 1.00 bits per heavy atom. The molecular formula is C20H22N2. The van der Waals surface area contributed by atoms with Crippen molar-refractivity contribution in [1.29, 1.82) is 0 Å². The largest absolute Gasteiger partial charge is 0.347 e. The Kier molecular flexibility index (Phi) is 3.61. The lowest BCUT2D eigenvalue weighted by Crippen LogP contribution is -2.23. The number of para-hydroxylation sites is 2. The zero-order chi connectivity index (χ0) is 15.7. The van der Waals surface area contributed by atoms with Crippen LogP contribution in [0.1, 0.15) is 25.0 Å². The number of likely N-dealkylation sites (N-methyl/N-ethyl adjacent to an activating group) is 1. The van der Waals surface area contributed by atoms with E-state index in [0.29, 0.717) is 0 Å². The van der Waals surface area contributed by atoms with Gasteiger partial charge < -0.3 is 4.90 Å². The first-order valence-corrected chi connectivity index (χ1v) is 7.65. The third-order valence-corrected chi connectivity index (χ3v) is 4.50. The van der Waals surface area contributed by atoms with E-state index in [1.807, 2.05) is 24.4 Å². The molecule has 2 aromatic carbocycles. The normalized spacial score (nSPS) is 18.2. The third-order valence-electron chi connectivity index (χ3n) is 4.50. The molecule has 0 saturated heterocycles. The van der Waals surface area contributed by atoms with E-state index in [1.54, 1.807) is 0 Å². The number of aryl methyl sites for hydroxylation is 1. The van der Waals surface area contributed by atoms with Crippen LogP contribution >= 0.6 is 0 Å². The van der Waals surface area contributed by atoms with Crippen molar-refractivity contribution in [3.8, 4) is 0 Å². The van der Waals surface area contributed by atoms with Gasteiger partial charge in [-0.3, -0.25) is 4.99 Å². The van der Waals surface area contributed by atoms with Crippen LogP contribution in [0.4, 0.5) is 11.4 Å². The molecule has 2 heteroatoms. The van der Waals surface area contributed by atoms with Gasteiger partial charge in [-0.05, 0) is 36.3 Å². The molecule has 22 heavy (non-hydrogen) atoms. The van der Waals surface area contributed by atoms with Crippen molar-refractivity contribution in [2.24, 2.45) is 4.99 Å². The van der Waals surface area contributed by atoms with Gasteiger partial charge in [0, 0.05) is 30.1 Å². The second kappa shape index (κ2) is 5.45. The van der Waals surface area contributed by atoms with E-state index < -0.39 is 0 Å². The summed E-state index contributed by atoms with van der Waals surface area (Å²) in [6.45, 7) is 6.62. The highest BCUT2D eigenvalue weighted by Crippen LogP contribution is 2.46. The SMILES string of the molecule is Cc1ccccc1N=C/C=C1\N(C)c2ccccc2C1(C)C. The van der Waals surface area contributed by atoms with Gasteiger partial charge in [0.25, 0.3) is 0 Å². The van der Waals surface area contributed by atoms with Gasteiger partial charge in [0.15, 0.2) is 0 Å². The number of hydrogen-bond acceptors (Lipinski definition) is 2. The Morgan fingerprint density at radius 2 is 1.68 bits per heavy atom. The van der Waals surface area contributed by atoms with Gasteiger partial charge in [-0.1, -0.05) is 50.2 Å². The Labute approximate surface area is 132 Å². The van der Waals surface area contributed by atoms with Crippen LogP contribution in [0, 0.1) is 6.92 Å². The lowest BCUT2D eigenvalue weighted by atomic mass is 9.84. The minimum atomic E-state index is 0.00307. The maximum atomic E-state index is 4.60. The molecule has 0 atom stereocenters. The summed E-state index contributed by atoms with van der Waals surface area (Å²) in [7, 11) is 2.13. The van der Waals surface area contributed by atoms with E-state index in [1.165, 1.54) is 22.5 Å². The third kappa shape index (κ3) is 2.35. The molecule has 0 bridgehead atoms. The molecule has 0 saturated carbocycles. The van der Waals surface area contributed by atoms with Crippen molar-refractivity contribution in [3.63, 3.8) is 0 Å². The zero-order valence-corrected chi connectivity index (χ0v) is 13.7. The van der Waals surface area contributed by atoms with E-state index in [9.17, 15) is 0 Å². The topological polar surface area (TPSA) is 15.6 Å².